The average Bonchev–Trinajstić information content (AvgIpc) is 2.96. The highest BCUT2D eigenvalue weighted by Gasteiger charge is 2.21. The van der Waals surface area contributed by atoms with Gasteiger partial charge in [0.15, 0.2) is 0 Å². The lowest BCUT2D eigenvalue weighted by atomic mass is 10.0. The van der Waals surface area contributed by atoms with Crippen LogP contribution < -0.4 is 5.32 Å². The van der Waals surface area contributed by atoms with Crippen LogP contribution in [0.3, 0.4) is 0 Å². The van der Waals surface area contributed by atoms with Crippen molar-refractivity contribution in [3.05, 3.63) is 52.8 Å². The molecule has 0 unspecified atom stereocenters. The molecule has 0 bridgehead atoms. The van der Waals surface area contributed by atoms with Crippen LogP contribution in [0.25, 0.3) is 0 Å². The number of carbonyl (C=O) groups is 1. The van der Waals surface area contributed by atoms with Crippen LogP contribution in [0.1, 0.15) is 47.1 Å². The lowest BCUT2D eigenvalue weighted by molar-refractivity contribution is 0.0942. The summed E-state index contributed by atoms with van der Waals surface area (Å²) in [5.41, 5.74) is 3.17. The van der Waals surface area contributed by atoms with Crippen molar-refractivity contribution in [3.8, 4) is 6.07 Å². The number of hydrogen-bond acceptors (Lipinski definition) is 4. The molecule has 0 atom stereocenters. The van der Waals surface area contributed by atoms with Crippen molar-refractivity contribution in [2.45, 2.75) is 38.1 Å². The first kappa shape index (κ1) is 19.5. The molecule has 0 spiro atoms. The third-order valence-corrected chi connectivity index (χ3v) is 6.50. The van der Waals surface area contributed by atoms with Crippen molar-refractivity contribution >= 4 is 17.9 Å². The van der Waals surface area contributed by atoms with Crippen molar-refractivity contribution in [1.82, 2.24) is 14.2 Å². The maximum atomic E-state index is 12.7. The van der Waals surface area contributed by atoms with E-state index in [9.17, 15) is 10.1 Å². The van der Waals surface area contributed by atoms with Crippen LogP contribution in [0, 0.1) is 24.2 Å². The van der Waals surface area contributed by atoms with Gasteiger partial charge in [-0.1, -0.05) is 25.1 Å². The molecule has 6 heteroatoms. The van der Waals surface area contributed by atoms with Crippen LogP contribution in [-0.4, -0.2) is 27.9 Å². The van der Waals surface area contributed by atoms with Gasteiger partial charge >= 0.3 is 0 Å². The third-order valence-electron chi connectivity index (χ3n) is 5.27. The number of aromatic nitrogens is 1. The van der Waals surface area contributed by atoms with E-state index in [-0.39, 0.29) is 5.91 Å². The average molecular weight is 383 g/mol. The lowest BCUT2D eigenvalue weighted by Gasteiger charge is -2.28. The summed E-state index contributed by atoms with van der Waals surface area (Å²) in [7, 11) is 1.93. The zero-order valence-electron chi connectivity index (χ0n) is 16.2. The fourth-order valence-electron chi connectivity index (χ4n) is 3.25. The normalized spacial score (nSPS) is 15.5. The number of nitriles is 1. The maximum Gasteiger partial charge on any atom is 0.268 e. The van der Waals surface area contributed by atoms with Gasteiger partial charge in [-0.15, -0.1) is 0 Å². The number of carbonyl (C=O) groups excluding carboxylic acids is 1. The monoisotopic (exact) mass is 382 g/mol. The molecule has 142 valence electrons. The maximum absolute atomic E-state index is 12.7. The second kappa shape index (κ2) is 8.64. The molecule has 1 fully saturated rings. The number of piperidine rings is 1. The predicted molar refractivity (Wildman–Crippen MR) is 108 cm³/mol. The quantitative estimate of drug-likeness (QED) is 0.798. The van der Waals surface area contributed by atoms with Crippen molar-refractivity contribution in [1.29, 1.82) is 5.26 Å². The molecular formula is C21H26N4OS. The van der Waals surface area contributed by atoms with Gasteiger partial charge in [-0.2, -0.15) is 5.26 Å². The highest BCUT2D eigenvalue weighted by molar-refractivity contribution is 7.97. The van der Waals surface area contributed by atoms with Gasteiger partial charge in [0.2, 0.25) is 0 Å². The summed E-state index contributed by atoms with van der Waals surface area (Å²) >= 11 is 1.76. The van der Waals surface area contributed by atoms with Crippen LogP contribution in [0.4, 0.5) is 0 Å². The zero-order chi connectivity index (χ0) is 19.4. The van der Waals surface area contributed by atoms with Crippen LogP contribution >= 0.6 is 11.9 Å². The molecule has 1 aliphatic rings. The number of hydrogen-bond donors (Lipinski definition) is 1. The van der Waals surface area contributed by atoms with Crippen LogP contribution in [0.2, 0.25) is 0 Å². The summed E-state index contributed by atoms with van der Waals surface area (Å²) in [4.78, 5) is 13.8. The Balaban J connectivity index is 1.67. The molecule has 1 aliphatic heterocycles. The molecule has 0 radical (unpaired) electrons. The largest absolute Gasteiger partial charge is 0.347 e. The molecule has 1 aromatic heterocycles. The zero-order valence-corrected chi connectivity index (χ0v) is 17.0. The van der Waals surface area contributed by atoms with E-state index in [4.69, 9.17) is 0 Å². The summed E-state index contributed by atoms with van der Waals surface area (Å²) in [6.45, 7) is 6.89. The lowest BCUT2D eigenvalue weighted by Crippen LogP contribution is -2.27. The molecule has 3 rings (SSSR count). The summed E-state index contributed by atoms with van der Waals surface area (Å²) in [6, 6.07) is 11.5. The first-order chi connectivity index (χ1) is 13.0. The van der Waals surface area contributed by atoms with Crippen molar-refractivity contribution in [2.24, 2.45) is 13.0 Å². The number of nitrogens with zero attached hydrogens (tertiary/aromatic N) is 3. The van der Waals surface area contributed by atoms with Gasteiger partial charge in [-0.3, -0.25) is 4.79 Å². The Hall–Kier alpha value is -2.23. The Morgan fingerprint density at radius 3 is 2.74 bits per heavy atom. The summed E-state index contributed by atoms with van der Waals surface area (Å²) in [5.74, 6) is 0.684. The van der Waals surface area contributed by atoms with E-state index in [0.717, 1.165) is 35.2 Å². The van der Waals surface area contributed by atoms with Gasteiger partial charge in [0, 0.05) is 37.3 Å². The topological polar surface area (TPSA) is 61.1 Å². The van der Waals surface area contributed by atoms with Gasteiger partial charge in [-0.25, -0.2) is 4.31 Å². The third kappa shape index (κ3) is 4.55. The first-order valence-corrected chi connectivity index (χ1v) is 10.1. The SMILES string of the molecule is Cc1c(SN2CCC(C)CC2)cc(C(=O)NCc2ccccc2C#N)n1C. The number of amides is 1. The molecule has 2 heterocycles. The predicted octanol–water partition coefficient (Wildman–Crippen LogP) is 3.87. The van der Waals surface area contributed by atoms with E-state index in [1.54, 1.807) is 18.0 Å². The van der Waals surface area contributed by atoms with Crippen molar-refractivity contribution < 1.29 is 4.79 Å². The smallest absolute Gasteiger partial charge is 0.268 e. The first-order valence-electron chi connectivity index (χ1n) is 9.35. The highest BCUT2D eigenvalue weighted by atomic mass is 32.2. The van der Waals surface area contributed by atoms with Gasteiger partial charge in [0.25, 0.3) is 5.91 Å². The van der Waals surface area contributed by atoms with Crippen molar-refractivity contribution in [2.75, 3.05) is 13.1 Å². The van der Waals surface area contributed by atoms with Gasteiger partial charge < -0.3 is 9.88 Å². The Labute approximate surface area is 165 Å². The number of nitrogens with one attached hydrogen (secondary N) is 1. The molecule has 0 saturated carbocycles. The van der Waals surface area contributed by atoms with E-state index < -0.39 is 0 Å². The highest BCUT2D eigenvalue weighted by Crippen LogP contribution is 2.32. The minimum Gasteiger partial charge on any atom is -0.347 e. The van der Waals surface area contributed by atoms with Crippen molar-refractivity contribution in [3.63, 3.8) is 0 Å². The van der Waals surface area contributed by atoms with Crippen LogP contribution in [0.15, 0.2) is 35.2 Å². The fourth-order valence-corrected chi connectivity index (χ4v) is 4.35. The summed E-state index contributed by atoms with van der Waals surface area (Å²) in [5, 5.41) is 12.1. The van der Waals surface area contributed by atoms with Gasteiger partial charge in [0.1, 0.15) is 5.69 Å². The number of benzene rings is 1. The standard InChI is InChI=1S/C21H26N4OS/c1-15-8-10-25(11-9-15)27-20-12-19(24(3)16(20)2)21(26)23-14-18-7-5-4-6-17(18)13-22/h4-7,12,15H,8-11,14H2,1-3H3,(H,23,26). The van der Waals surface area contributed by atoms with E-state index >= 15 is 0 Å². The molecule has 0 aliphatic carbocycles. The minimum atomic E-state index is -0.118. The van der Waals surface area contributed by atoms with E-state index in [0.29, 0.717) is 17.8 Å². The Bertz CT molecular complexity index is 860. The molecule has 1 aromatic carbocycles. The Kier molecular flexibility index (Phi) is 6.25. The van der Waals surface area contributed by atoms with Gasteiger partial charge in [-0.05, 0) is 55.3 Å². The van der Waals surface area contributed by atoms with Crippen LogP contribution in [0.5, 0.6) is 0 Å². The van der Waals surface area contributed by atoms with E-state index in [1.165, 1.54) is 12.8 Å². The molecule has 1 amide bonds. The van der Waals surface area contributed by atoms with Gasteiger partial charge in [0.05, 0.1) is 11.6 Å². The second-order valence-corrected chi connectivity index (χ2v) is 8.33. The Morgan fingerprint density at radius 2 is 2.04 bits per heavy atom. The Morgan fingerprint density at radius 1 is 1.33 bits per heavy atom. The number of rotatable bonds is 5. The summed E-state index contributed by atoms with van der Waals surface area (Å²) in [6.07, 6.45) is 2.45. The molecule has 27 heavy (non-hydrogen) atoms. The molecular weight excluding hydrogens is 356 g/mol. The molecule has 5 nitrogen and oxygen atoms in total. The molecule has 2 aromatic rings. The van der Waals surface area contributed by atoms with Crippen LogP contribution in [-0.2, 0) is 13.6 Å². The molecule has 1 N–H and O–H groups in total. The fraction of sp³-hybridized carbons (Fsp3) is 0.429. The second-order valence-electron chi connectivity index (χ2n) is 7.19. The van der Waals surface area contributed by atoms with E-state index in [1.807, 2.05) is 35.9 Å². The van der Waals surface area contributed by atoms with E-state index in [2.05, 4.69) is 29.5 Å². The molecule has 1 saturated heterocycles. The minimum absolute atomic E-state index is 0.118. The summed E-state index contributed by atoms with van der Waals surface area (Å²) < 4.78 is 4.34.